The number of alkyl halides is 2. The number of benzene rings is 1. The van der Waals surface area contributed by atoms with E-state index in [0.29, 0.717) is 37.0 Å². The standard InChI is InChI=1S/C24H38Cl2N2O5/c1-23(2,3)32-21(29)16-18(27-22(30)33-24(4,5)6)14-17-15-19(31-7)8-9-20(17)28(12-10-25)13-11-26/h8-9,15,18H,10-14,16H2,1-7H3,(H,27,30)/t18-/m0/s1. The van der Waals surface area contributed by atoms with E-state index in [9.17, 15) is 9.59 Å². The molecule has 1 rings (SSSR count). The highest BCUT2D eigenvalue weighted by Gasteiger charge is 2.26. The first-order valence-corrected chi connectivity index (χ1v) is 12.1. The Balaban J connectivity index is 3.26. The molecule has 1 atom stereocenters. The quantitative estimate of drug-likeness (QED) is 0.331. The van der Waals surface area contributed by atoms with E-state index < -0.39 is 29.3 Å². The minimum absolute atomic E-state index is 0.0157. The van der Waals surface area contributed by atoms with Gasteiger partial charge in [-0.15, -0.1) is 23.2 Å². The Bertz CT molecular complexity index is 739. The summed E-state index contributed by atoms with van der Waals surface area (Å²) < 4.78 is 16.3. The lowest BCUT2D eigenvalue weighted by Crippen LogP contribution is -2.42. The summed E-state index contributed by atoms with van der Waals surface area (Å²) in [5.41, 5.74) is 0.497. The molecule has 1 aromatic carbocycles. The number of ether oxygens (including phenoxy) is 3. The molecule has 0 aromatic heterocycles. The van der Waals surface area contributed by atoms with Crippen LogP contribution in [0.3, 0.4) is 0 Å². The van der Waals surface area contributed by atoms with Crippen molar-refractivity contribution in [3.05, 3.63) is 23.8 Å². The number of carbonyl (C=O) groups excluding carboxylic acids is 2. The van der Waals surface area contributed by atoms with Crippen molar-refractivity contribution in [1.82, 2.24) is 5.32 Å². The first-order chi connectivity index (χ1) is 15.3. The largest absolute Gasteiger partial charge is 0.497 e. The SMILES string of the molecule is COc1ccc(N(CCCl)CCCl)c(C[C@@H](CC(=O)OC(C)(C)C)NC(=O)OC(C)(C)C)c1. The molecule has 0 spiro atoms. The topological polar surface area (TPSA) is 77.1 Å². The molecule has 0 saturated heterocycles. The van der Waals surface area contributed by atoms with Crippen LogP contribution in [0.5, 0.6) is 5.75 Å². The van der Waals surface area contributed by atoms with Gasteiger partial charge < -0.3 is 24.4 Å². The van der Waals surface area contributed by atoms with Crippen LogP contribution < -0.4 is 15.0 Å². The zero-order chi connectivity index (χ0) is 25.2. The molecule has 33 heavy (non-hydrogen) atoms. The van der Waals surface area contributed by atoms with Crippen LogP contribution in [0.4, 0.5) is 10.5 Å². The fraction of sp³-hybridized carbons (Fsp3) is 0.667. The van der Waals surface area contributed by atoms with Gasteiger partial charge in [-0.05, 0) is 71.7 Å². The summed E-state index contributed by atoms with van der Waals surface area (Å²) in [5, 5.41) is 2.83. The average Bonchev–Trinajstić information content (AvgIpc) is 2.64. The van der Waals surface area contributed by atoms with Crippen LogP contribution in [0.25, 0.3) is 0 Å². The smallest absolute Gasteiger partial charge is 0.407 e. The summed E-state index contributed by atoms with van der Waals surface area (Å²) in [6, 6.07) is 5.13. The lowest BCUT2D eigenvalue weighted by molar-refractivity contribution is -0.155. The van der Waals surface area contributed by atoms with Crippen molar-refractivity contribution >= 4 is 41.0 Å². The highest BCUT2D eigenvalue weighted by Crippen LogP contribution is 2.28. The molecule has 0 aliphatic rings. The van der Waals surface area contributed by atoms with E-state index in [-0.39, 0.29) is 6.42 Å². The molecule has 0 unspecified atom stereocenters. The maximum Gasteiger partial charge on any atom is 0.407 e. The summed E-state index contributed by atoms with van der Waals surface area (Å²) >= 11 is 12.0. The number of anilines is 1. The first kappa shape index (κ1) is 29.2. The van der Waals surface area contributed by atoms with Gasteiger partial charge in [-0.2, -0.15) is 0 Å². The normalized spacial score (nSPS) is 12.6. The molecule has 188 valence electrons. The molecule has 7 nitrogen and oxygen atoms in total. The maximum atomic E-state index is 12.6. The molecule has 0 aliphatic carbocycles. The van der Waals surface area contributed by atoms with Crippen molar-refractivity contribution < 1.29 is 23.8 Å². The van der Waals surface area contributed by atoms with E-state index in [0.717, 1.165) is 11.3 Å². The number of amides is 1. The number of esters is 1. The molecule has 0 fully saturated rings. The van der Waals surface area contributed by atoms with Crippen LogP contribution in [-0.2, 0) is 20.7 Å². The fourth-order valence-corrected chi connectivity index (χ4v) is 3.62. The van der Waals surface area contributed by atoms with Gasteiger partial charge in [0.1, 0.15) is 17.0 Å². The van der Waals surface area contributed by atoms with Crippen LogP contribution in [0.1, 0.15) is 53.5 Å². The van der Waals surface area contributed by atoms with Crippen LogP contribution >= 0.6 is 23.2 Å². The zero-order valence-corrected chi connectivity index (χ0v) is 22.3. The lowest BCUT2D eigenvalue weighted by atomic mass is 10.00. The first-order valence-electron chi connectivity index (χ1n) is 11.0. The maximum absolute atomic E-state index is 12.6. The van der Waals surface area contributed by atoms with E-state index in [2.05, 4.69) is 10.2 Å². The van der Waals surface area contributed by atoms with Gasteiger partial charge in [0.25, 0.3) is 0 Å². The highest BCUT2D eigenvalue weighted by atomic mass is 35.5. The molecule has 0 radical (unpaired) electrons. The second kappa shape index (κ2) is 13.1. The Morgan fingerprint density at radius 3 is 2.06 bits per heavy atom. The number of carbonyl (C=O) groups is 2. The predicted molar refractivity (Wildman–Crippen MR) is 134 cm³/mol. The van der Waals surface area contributed by atoms with Crippen molar-refractivity contribution in [2.24, 2.45) is 0 Å². The van der Waals surface area contributed by atoms with E-state index in [1.54, 1.807) is 48.7 Å². The number of hydrogen-bond acceptors (Lipinski definition) is 6. The van der Waals surface area contributed by atoms with Gasteiger partial charge >= 0.3 is 12.1 Å². The summed E-state index contributed by atoms with van der Waals surface area (Å²) in [7, 11) is 1.59. The van der Waals surface area contributed by atoms with Crippen LogP contribution in [0, 0.1) is 0 Å². The minimum atomic E-state index is -0.667. The molecule has 0 heterocycles. The van der Waals surface area contributed by atoms with E-state index in [1.807, 2.05) is 18.2 Å². The van der Waals surface area contributed by atoms with Gasteiger partial charge in [0.2, 0.25) is 0 Å². The monoisotopic (exact) mass is 504 g/mol. The number of nitrogens with one attached hydrogen (secondary N) is 1. The van der Waals surface area contributed by atoms with Crippen LogP contribution in [-0.4, -0.2) is 61.3 Å². The fourth-order valence-electron chi connectivity index (χ4n) is 3.22. The zero-order valence-electron chi connectivity index (χ0n) is 20.8. The van der Waals surface area contributed by atoms with Gasteiger partial charge in [0, 0.05) is 36.6 Å². The van der Waals surface area contributed by atoms with Crippen LogP contribution in [0.2, 0.25) is 0 Å². The van der Waals surface area contributed by atoms with Crippen molar-refractivity contribution in [3.8, 4) is 5.75 Å². The third kappa shape index (κ3) is 11.7. The van der Waals surface area contributed by atoms with Gasteiger partial charge in [-0.3, -0.25) is 4.79 Å². The average molecular weight is 505 g/mol. The predicted octanol–water partition coefficient (Wildman–Crippen LogP) is 5.15. The van der Waals surface area contributed by atoms with Gasteiger partial charge in [0.05, 0.1) is 13.5 Å². The Morgan fingerprint density at radius 2 is 1.58 bits per heavy atom. The summed E-state index contributed by atoms with van der Waals surface area (Å²) in [4.78, 5) is 27.2. The molecule has 1 amide bonds. The lowest BCUT2D eigenvalue weighted by Gasteiger charge is -2.29. The van der Waals surface area contributed by atoms with Crippen LogP contribution in [0.15, 0.2) is 18.2 Å². The number of hydrogen-bond donors (Lipinski definition) is 1. The molecule has 9 heteroatoms. The third-order valence-electron chi connectivity index (χ3n) is 4.36. The molecule has 0 bridgehead atoms. The van der Waals surface area contributed by atoms with E-state index >= 15 is 0 Å². The molecule has 0 saturated carbocycles. The Hall–Kier alpha value is -1.86. The molecule has 1 aromatic rings. The van der Waals surface area contributed by atoms with E-state index in [4.69, 9.17) is 37.4 Å². The summed E-state index contributed by atoms with van der Waals surface area (Å²) in [6.45, 7) is 12.0. The molecule has 1 N–H and O–H groups in total. The molecular weight excluding hydrogens is 467 g/mol. The van der Waals surface area contributed by atoms with Crippen molar-refractivity contribution in [3.63, 3.8) is 0 Å². The van der Waals surface area contributed by atoms with Gasteiger partial charge in [-0.1, -0.05) is 0 Å². The minimum Gasteiger partial charge on any atom is -0.497 e. The number of methoxy groups -OCH3 is 1. The van der Waals surface area contributed by atoms with E-state index in [1.165, 1.54) is 0 Å². The highest BCUT2D eigenvalue weighted by molar-refractivity contribution is 6.18. The van der Waals surface area contributed by atoms with Gasteiger partial charge in [-0.25, -0.2) is 4.79 Å². The second-order valence-corrected chi connectivity index (χ2v) is 10.5. The van der Waals surface area contributed by atoms with Crippen molar-refractivity contribution in [1.29, 1.82) is 0 Å². The van der Waals surface area contributed by atoms with Crippen molar-refractivity contribution in [2.45, 2.75) is 71.6 Å². The molecular formula is C24H38Cl2N2O5. The third-order valence-corrected chi connectivity index (χ3v) is 4.69. The van der Waals surface area contributed by atoms with Crippen molar-refractivity contribution in [2.75, 3.05) is 36.9 Å². The Labute approximate surface area is 208 Å². The van der Waals surface area contributed by atoms with Gasteiger partial charge in [0.15, 0.2) is 0 Å². The Kier molecular flexibility index (Phi) is 11.6. The second-order valence-electron chi connectivity index (χ2n) is 9.70. The Morgan fingerprint density at radius 1 is 1.00 bits per heavy atom. The molecule has 0 aliphatic heterocycles. The summed E-state index contributed by atoms with van der Waals surface area (Å²) in [6.07, 6.45) is -0.261. The number of halogens is 2. The number of nitrogens with zero attached hydrogens (tertiary/aromatic N) is 1. The number of rotatable bonds is 11. The summed E-state index contributed by atoms with van der Waals surface area (Å²) in [5.74, 6) is 1.12. The number of alkyl carbamates (subject to hydrolysis) is 1.